The van der Waals surface area contributed by atoms with Gasteiger partial charge in [0.05, 0.1) is 19.3 Å². The van der Waals surface area contributed by atoms with Crippen molar-refractivity contribution in [3.63, 3.8) is 0 Å². The van der Waals surface area contributed by atoms with Gasteiger partial charge in [-0.1, -0.05) is 48.5 Å². The maximum absolute atomic E-state index is 12.2. The second-order valence-corrected chi connectivity index (χ2v) is 7.04. The number of methoxy groups -OCH3 is 1. The molecule has 3 aromatic rings. The minimum Gasteiger partial charge on any atom is -0.497 e. The summed E-state index contributed by atoms with van der Waals surface area (Å²) in [6.45, 7) is 1.83. The van der Waals surface area contributed by atoms with Crippen LogP contribution in [0, 0.1) is 0 Å². The fraction of sp³-hybridized carbons (Fsp3) is 0.208. The van der Waals surface area contributed by atoms with E-state index in [0.717, 1.165) is 28.4 Å². The van der Waals surface area contributed by atoms with Crippen LogP contribution < -0.4 is 25.0 Å². The first-order valence-electron chi connectivity index (χ1n) is 9.97. The molecule has 6 nitrogen and oxygen atoms in total. The van der Waals surface area contributed by atoms with Crippen LogP contribution >= 0.6 is 0 Å². The van der Waals surface area contributed by atoms with Gasteiger partial charge in [0.25, 0.3) is 0 Å². The van der Waals surface area contributed by atoms with Gasteiger partial charge in [0.1, 0.15) is 17.6 Å². The molecule has 0 spiro atoms. The molecule has 0 bridgehead atoms. The lowest BCUT2D eigenvalue weighted by Gasteiger charge is -2.36. The van der Waals surface area contributed by atoms with Crippen molar-refractivity contribution in [2.45, 2.75) is 6.10 Å². The Morgan fingerprint density at radius 1 is 1.07 bits per heavy atom. The largest absolute Gasteiger partial charge is 0.497 e. The molecule has 2 amide bonds. The summed E-state index contributed by atoms with van der Waals surface area (Å²) < 4.78 is 11.6. The SMILES string of the molecule is COc1ccc2c(c1)N(CCNC(=O)Nc1ccccc1)CC(c1ccccc1)O2. The van der Waals surface area contributed by atoms with Crippen molar-refractivity contribution in [3.05, 3.63) is 84.4 Å². The van der Waals surface area contributed by atoms with Gasteiger partial charge in [-0.05, 0) is 29.8 Å². The number of nitrogens with one attached hydrogen (secondary N) is 2. The number of amides is 2. The van der Waals surface area contributed by atoms with E-state index >= 15 is 0 Å². The normalized spacial score (nSPS) is 15.0. The molecule has 30 heavy (non-hydrogen) atoms. The predicted octanol–water partition coefficient (Wildman–Crippen LogP) is 4.46. The third-order valence-corrected chi connectivity index (χ3v) is 5.03. The van der Waals surface area contributed by atoms with Crippen molar-refractivity contribution in [2.24, 2.45) is 0 Å². The molecule has 0 radical (unpaired) electrons. The molecule has 1 unspecified atom stereocenters. The third kappa shape index (κ3) is 4.66. The van der Waals surface area contributed by atoms with E-state index in [1.54, 1.807) is 7.11 Å². The number of benzene rings is 3. The summed E-state index contributed by atoms with van der Waals surface area (Å²) >= 11 is 0. The van der Waals surface area contributed by atoms with Crippen LogP contribution in [-0.4, -0.2) is 32.8 Å². The van der Waals surface area contributed by atoms with Gasteiger partial charge in [-0.25, -0.2) is 4.79 Å². The Kier molecular flexibility index (Phi) is 6.03. The molecule has 1 aliphatic heterocycles. The van der Waals surface area contributed by atoms with Crippen LogP contribution in [0.4, 0.5) is 16.2 Å². The summed E-state index contributed by atoms with van der Waals surface area (Å²) in [4.78, 5) is 14.4. The second-order valence-electron chi connectivity index (χ2n) is 7.04. The van der Waals surface area contributed by atoms with Gasteiger partial charge in [-0.3, -0.25) is 0 Å². The molecule has 0 fully saturated rings. The number of hydrogen-bond acceptors (Lipinski definition) is 4. The average Bonchev–Trinajstić information content (AvgIpc) is 2.80. The molecule has 6 heteroatoms. The quantitative estimate of drug-likeness (QED) is 0.638. The number of anilines is 2. The monoisotopic (exact) mass is 403 g/mol. The van der Waals surface area contributed by atoms with Crippen LogP contribution in [0.1, 0.15) is 11.7 Å². The highest BCUT2D eigenvalue weighted by atomic mass is 16.5. The van der Waals surface area contributed by atoms with Gasteiger partial charge in [0, 0.05) is 24.8 Å². The Morgan fingerprint density at radius 2 is 1.80 bits per heavy atom. The molecule has 0 saturated carbocycles. The smallest absolute Gasteiger partial charge is 0.319 e. The fourth-order valence-electron chi connectivity index (χ4n) is 3.51. The average molecular weight is 403 g/mol. The number of ether oxygens (including phenoxy) is 2. The van der Waals surface area contributed by atoms with Gasteiger partial charge in [0.2, 0.25) is 0 Å². The second kappa shape index (κ2) is 9.22. The van der Waals surface area contributed by atoms with Gasteiger partial charge >= 0.3 is 6.03 Å². The van der Waals surface area contributed by atoms with E-state index in [2.05, 4.69) is 27.7 Å². The van der Waals surface area contributed by atoms with Crippen LogP contribution in [0.3, 0.4) is 0 Å². The molecule has 0 saturated heterocycles. The van der Waals surface area contributed by atoms with Crippen molar-refractivity contribution in [3.8, 4) is 11.5 Å². The van der Waals surface area contributed by atoms with Crippen LogP contribution in [0.15, 0.2) is 78.9 Å². The molecule has 154 valence electrons. The molecule has 4 rings (SSSR count). The zero-order chi connectivity index (χ0) is 20.8. The van der Waals surface area contributed by atoms with Crippen molar-refractivity contribution in [1.29, 1.82) is 0 Å². The van der Waals surface area contributed by atoms with E-state index in [0.29, 0.717) is 19.6 Å². The number of urea groups is 1. The Bertz CT molecular complexity index is 980. The lowest BCUT2D eigenvalue weighted by molar-refractivity contribution is 0.197. The van der Waals surface area contributed by atoms with Crippen molar-refractivity contribution >= 4 is 17.4 Å². The maximum Gasteiger partial charge on any atom is 0.319 e. The summed E-state index contributed by atoms with van der Waals surface area (Å²) in [5.74, 6) is 1.58. The Hall–Kier alpha value is -3.67. The molecule has 3 aromatic carbocycles. The van der Waals surface area contributed by atoms with Gasteiger partial charge < -0.3 is 25.0 Å². The summed E-state index contributed by atoms with van der Waals surface area (Å²) in [6, 6.07) is 25.2. The first kappa shape index (κ1) is 19.6. The zero-order valence-electron chi connectivity index (χ0n) is 16.9. The zero-order valence-corrected chi connectivity index (χ0v) is 16.9. The van der Waals surface area contributed by atoms with Gasteiger partial charge in [-0.2, -0.15) is 0 Å². The summed E-state index contributed by atoms with van der Waals surface area (Å²) in [7, 11) is 1.65. The van der Waals surface area contributed by atoms with E-state index in [4.69, 9.17) is 9.47 Å². The summed E-state index contributed by atoms with van der Waals surface area (Å²) in [5, 5.41) is 5.77. The van der Waals surface area contributed by atoms with Crippen LogP contribution in [-0.2, 0) is 0 Å². The Balaban J connectivity index is 1.44. The number of para-hydroxylation sites is 1. The number of hydrogen-bond donors (Lipinski definition) is 2. The fourth-order valence-corrected chi connectivity index (χ4v) is 3.51. The van der Waals surface area contributed by atoms with E-state index < -0.39 is 0 Å². The minimum atomic E-state index is -0.222. The van der Waals surface area contributed by atoms with Crippen LogP contribution in [0.25, 0.3) is 0 Å². The van der Waals surface area contributed by atoms with Gasteiger partial charge in [0.15, 0.2) is 0 Å². The topological polar surface area (TPSA) is 62.8 Å². The number of nitrogens with zero attached hydrogens (tertiary/aromatic N) is 1. The maximum atomic E-state index is 12.2. The molecule has 2 N–H and O–H groups in total. The summed E-state index contributed by atoms with van der Waals surface area (Å²) in [5.41, 5.74) is 2.85. The number of carbonyl (C=O) groups excluding carboxylic acids is 1. The highest BCUT2D eigenvalue weighted by Crippen LogP contribution is 2.40. The van der Waals surface area contributed by atoms with E-state index in [1.807, 2.05) is 66.7 Å². The standard InChI is InChI=1S/C24H25N3O3/c1-29-20-12-13-22-21(16-20)27(17-23(30-22)18-8-4-2-5-9-18)15-14-25-24(28)26-19-10-6-3-7-11-19/h2-13,16,23H,14-15,17H2,1H3,(H2,25,26,28). The molecule has 1 aliphatic rings. The van der Waals surface area contributed by atoms with Crippen molar-refractivity contribution < 1.29 is 14.3 Å². The summed E-state index contributed by atoms with van der Waals surface area (Å²) in [6.07, 6.45) is -0.0785. The highest BCUT2D eigenvalue weighted by molar-refractivity contribution is 5.89. The van der Waals surface area contributed by atoms with Gasteiger partial charge in [-0.15, -0.1) is 0 Å². The van der Waals surface area contributed by atoms with E-state index in [9.17, 15) is 4.79 Å². The third-order valence-electron chi connectivity index (χ3n) is 5.03. The van der Waals surface area contributed by atoms with Crippen molar-refractivity contribution in [2.75, 3.05) is 37.0 Å². The highest BCUT2D eigenvalue weighted by Gasteiger charge is 2.27. The lowest BCUT2D eigenvalue weighted by Crippen LogP contribution is -2.41. The Morgan fingerprint density at radius 3 is 2.53 bits per heavy atom. The molecule has 0 aromatic heterocycles. The van der Waals surface area contributed by atoms with Crippen LogP contribution in [0.2, 0.25) is 0 Å². The van der Waals surface area contributed by atoms with Crippen molar-refractivity contribution in [1.82, 2.24) is 5.32 Å². The first-order chi connectivity index (χ1) is 14.7. The predicted molar refractivity (Wildman–Crippen MR) is 118 cm³/mol. The molecular weight excluding hydrogens is 378 g/mol. The lowest BCUT2D eigenvalue weighted by atomic mass is 10.1. The van der Waals surface area contributed by atoms with E-state index in [-0.39, 0.29) is 12.1 Å². The number of carbonyl (C=O) groups is 1. The van der Waals surface area contributed by atoms with E-state index in [1.165, 1.54) is 0 Å². The molecule has 1 heterocycles. The first-order valence-corrected chi connectivity index (χ1v) is 9.97. The number of fused-ring (bicyclic) bond motifs is 1. The number of rotatable bonds is 6. The molecule has 0 aliphatic carbocycles. The minimum absolute atomic E-state index is 0.0785. The molecule has 1 atom stereocenters. The Labute approximate surface area is 176 Å². The van der Waals surface area contributed by atoms with Crippen LogP contribution in [0.5, 0.6) is 11.5 Å². The molecular formula is C24H25N3O3.